The average molecular weight is 512 g/mol. The summed E-state index contributed by atoms with van der Waals surface area (Å²) >= 11 is 0. The fraction of sp³-hybridized carbons (Fsp3) is 0.688. The molecule has 0 radical (unpaired) electrons. The van der Waals surface area contributed by atoms with Gasteiger partial charge in [-0.3, -0.25) is 9.69 Å². The molecule has 1 atom stereocenters. The number of amides is 1. The Morgan fingerprint density at radius 1 is 0.865 bits per heavy atom. The Morgan fingerprint density at radius 2 is 1.43 bits per heavy atom. The minimum absolute atomic E-state index is 0.101. The first-order valence-corrected chi connectivity index (χ1v) is 14.8. The molecule has 1 aliphatic rings. The molecule has 1 aromatic carbocycles. The topological polar surface area (TPSA) is 55.8 Å². The number of nitrogens with zero attached hydrogens (tertiary/aromatic N) is 1. The van der Waals surface area contributed by atoms with Crippen molar-refractivity contribution >= 4 is 12.1 Å². The Hall–Kier alpha value is -2.48. The van der Waals surface area contributed by atoms with Gasteiger partial charge in [-0.05, 0) is 30.4 Å². The van der Waals surface area contributed by atoms with Crippen molar-refractivity contribution in [1.29, 1.82) is 0 Å². The van der Waals surface area contributed by atoms with Gasteiger partial charge in [0.05, 0.1) is 12.6 Å². The van der Waals surface area contributed by atoms with Crippen LogP contribution in [0.15, 0.2) is 24.3 Å². The number of fused-ring (bicyclic) bond motifs is 1. The maximum absolute atomic E-state index is 12.6. The highest BCUT2D eigenvalue weighted by Gasteiger charge is 2.31. The molecular formula is C32H49NO4. The molecule has 0 N–H and O–H groups in total. The van der Waals surface area contributed by atoms with Crippen molar-refractivity contribution in [2.75, 3.05) is 13.3 Å². The highest BCUT2D eigenvalue weighted by molar-refractivity contribution is 5.71. The number of benzene rings is 1. The number of aryl methyl sites for hydroxylation is 1. The van der Waals surface area contributed by atoms with Crippen molar-refractivity contribution in [3.63, 3.8) is 0 Å². The maximum Gasteiger partial charge on any atom is 0.413 e. The lowest BCUT2D eigenvalue weighted by Crippen LogP contribution is -2.35. The van der Waals surface area contributed by atoms with Gasteiger partial charge < -0.3 is 9.47 Å². The monoisotopic (exact) mass is 511 g/mol. The molecule has 0 saturated carbocycles. The summed E-state index contributed by atoms with van der Waals surface area (Å²) in [7, 11) is 0. The van der Waals surface area contributed by atoms with Crippen LogP contribution in [0.25, 0.3) is 0 Å². The van der Waals surface area contributed by atoms with E-state index in [1.165, 1.54) is 82.6 Å². The summed E-state index contributed by atoms with van der Waals surface area (Å²) in [5.74, 6) is 2.22. The lowest BCUT2D eigenvalue weighted by molar-refractivity contribution is -0.152. The van der Waals surface area contributed by atoms with Crippen LogP contribution >= 0.6 is 0 Å². The number of rotatable bonds is 20. The van der Waals surface area contributed by atoms with Crippen LogP contribution in [0.2, 0.25) is 0 Å². The molecule has 0 saturated heterocycles. The van der Waals surface area contributed by atoms with E-state index in [0.717, 1.165) is 37.7 Å². The molecule has 0 heterocycles. The number of esters is 1. The van der Waals surface area contributed by atoms with Crippen LogP contribution in [0.4, 0.5) is 4.79 Å². The third-order valence-corrected chi connectivity index (χ3v) is 7.36. The standard InChI is InChI=1S/C32H49NO4/c1-3-5-6-7-8-9-10-11-12-13-14-15-16-17-18-23-31(34)36-27-37-32(35)33(26-4-2)30-25-24-28-21-19-20-22-29(28)30/h2,19-22,30H,3,5-18,23-27H2,1H3. The predicted molar refractivity (Wildman–Crippen MR) is 150 cm³/mol. The van der Waals surface area contributed by atoms with Gasteiger partial charge in [0, 0.05) is 6.42 Å². The zero-order valence-corrected chi connectivity index (χ0v) is 23.2. The van der Waals surface area contributed by atoms with Crippen molar-refractivity contribution in [3.8, 4) is 12.3 Å². The van der Waals surface area contributed by atoms with Gasteiger partial charge in [-0.25, -0.2) is 4.79 Å². The normalized spacial score (nSPS) is 14.1. The molecule has 206 valence electrons. The summed E-state index contributed by atoms with van der Waals surface area (Å²) in [6.45, 7) is 2.06. The molecule has 0 aliphatic heterocycles. The smallest absolute Gasteiger partial charge is 0.413 e. The fourth-order valence-corrected chi connectivity index (χ4v) is 5.20. The Bertz CT molecular complexity index is 815. The molecule has 5 heteroatoms. The molecule has 1 aliphatic carbocycles. The van der Waals surface area contributed by atoms with Crippen LogP contribution in [0, 0.1) is 12.3 Å². The number of terminal acetylenes is 1. The molecule has 1 aromatic rings. The Kier molecular flexibility index (Phi) is 16.3. The zero-order valence-electron chi connectivity index (χ0n) is 23.2. The van der Waals surface area contributed by atoms with Gasteiger partial charge in [-0.1, -0.05) is 127 Å². The minimum Gasteiger partial charge on any atom is -0.428 e. The van der Waals surface area contributed by atoms with E-state index < -0.39 is 6.09 Å². The van der Waals surface area contributed by atoms with E-state index in [1.54, 1.807) is 4.90 Å². The van der Waals surface area contributed by atoms with Gasteiger partial charge in [0.1, 0.15) is 0 Å². The lowest BCUT2D eigenvalue weighted by atomic mass is 10.0. The largest absolute Gasteiger partial charge is 0.428 e. The number of ether oxygens (including phenoxy) is 2. The average Bonchev–Trinajstić information content (AvgIpc) is 3.33. The highest BCUT2D eigenvalue weighted by Crippen LogP contribution is 2.35. The van der Waals surface area contributed by atoms with Crippen molar-refractivity contribution < 1.29 is 19.1 Å². The molecule has 1 unspecified atom stereocenters. The van der Waals surface area contributed by atoms with Crippen molar-refractivity contribution in [3.05, 3.63) is 35.4 Å². The molecule has 1 amide bonds. The van der Waals surface area contributed by atoms with E-state index in [9.17, 15) is 9.59 Å². The Labute approximate surface area is 225 Å². The van der Waals surface area contributed by atoms with Gasteiger partial charge in [0.25, 0.3) is 0 Å². The van der Waals surface area contributed by atoms with Crippen LogP contribution in [0.5, 0.6) is 0 Å². The van der Waals surface area contributed by atoms with E-state index in [1.807, 2.05) is 18.2 Å². The van der Waals surface area contributed by atoms with Gasteiger partial charge in [0.2, 0.25) is 6.79 Å². The van der Waals surface area contributed by atoms with Gasteiger partial charge in [0.15, 0.2) is 0 Å². The molecule has 0 fully saturated rings. The zero-order chi connectivity index (χ0) is 26.6. The number of hydrogen-bond acceptors (Lipinski definition) is 4. The van der Waals surface area contributed by atoms with Gasteiger partial charge in [-0.2, -0.15) is 0 Å². The number of carbonyl (C=O) groups excluding carboxylic acids is 2. The second-order valence-corrected chi connectivity index (χ2v) is 10.3. The number of hydrogen-bond donors (Lipinski definition) is 0. The lowest BCUT2D eigenvalue weighted by Gasteiger charge is -2.27. The Balaban J connectivity index is 1.45. The van der Waals surface area contributed by atoms with E-state index in [-0.39, 0.29) is 25.3 Å². The van der Waals surface area contributed by atoms with Crippen LogP contribution in [0.3, 0.4) is 0 Å². The van der Waals surface area contributed by atoms with Crippen molar-refractivity contribution in [2.24, 2.45) is 0 Å². The summed E-state index contributed by atoms with van der Waals surface area (Å²) in [4.78, 5) is 26.2. The summed E-state index contributed by atoms with van der Waals surface area (Å²) in [6, 6.07) is 7.98. The third-order valence-electron chi connectivity index (χ3n) is 7.36. The molecule has 0 aromatic heterocycles. The summed E-state index contributed by atoms with van der Waals surface area (Å²) < 4.78 is 10.4. The first kappa shape index (κ1) is 30.7. The first-order valence-electron chi connectivity index (χ1n) is 14.8. The molecule has 0 spiro atoms. The second kappa shape index (κ2) is 19.6. The van der Waals surface area contributed by atoms with Crippen LogP contribution < -0.4 is 0 Å². The summed E-state index contributed by atoms with van der Waals surface area (Å²) in [5.41, 5.74) is 2.34. The summed E-state index contributed by atoms with van der Waals surface area (Å²) in [6.07, 6.45) is 26.3. The highest BCUT2D eigenvalue weighted by atomic mass is 16.7. The molecule has 37 heavy (non-hydrogen) atoms. The van der Waals surface area contributed by atoms with E-state index in [4.69, 9.17) is 15.9 Å². The van der Waals surface area contributed by atoms with Crippen molar-refractivity contribution in [1.82, 2.24) is 4.90 Å². The van der Waals surface area contributed by atoms with Crippen LogP contribution in [-0.2, 0) is 20.7 Å². The van der Waals surface area contributed by atoms with Crippen LogP contribution in [-0.4, -0.2) is 30.3 Å². The SMILES string of the molecule is C#CCN(C(=O)OCOC(=O)CCCCCCCCCCCCCCCCC)C1CCc2ccccc21. The van der Waals surface area contributed by atoms with E-state index in [0.29, 0.717) is 6.42 Å². The number of unbranched alkanes of at least 4 members (excludes halogenated alkanes) is 14. The van der Waals surface area contributed by atoms with Gasteiger partial charge >= 0.3 is 12.1 Å². The van der Waals surface area contributed by atoms with E-state index >= 15 is 0 Å². The molecule has 0 bridgehead atoms. The first-order chi connectivity index (χ1) is 18.2. The predicted octanol–water partition coefficient (Wildman–Crippen LogP) is 8.51. The van der Waals surface area contributed by atoms with Gasteiger partial charge in [-0.15, -0.1) is 6.42 Å². The van der Waals surface area contributed by atoms with Crippen LogP contribution in [0.1, 0.15) is 133 Å². The van der Waals surface area contributed by atoms with E-state index in [2.05, 4.69) is 18.9 Å². The Morgan fingerprint density at radius 3 is 2.03 bits per heavy atom. The minimum atomic E-state index is -0.542. The molecule has 5 nitrogen and oxygen atoms in total. The molecular weight excluding hydrogens is 462 g/mol. The molecule has 2 rings (SSSR count). The second-order valence-electron chi connectivity index (χ2n) is 10.3. The quantitative estimate of drug-likeness (QED) is 0.0762. The third kappa shape index (κ3) is 12.5. The van der Waals surface area contributed by atoms with Crippen molar-refractivity contribution in [2.45, 2.75) is 129 Å². The summed E-state index contributed by atoms with van der Waals surface area (Å²) in [5, 5.41) is 0. The number of carbonyl (C=O) groups is 2. The maximum atomic E-state index is 12.6. The fourth-order valence-electron chi connectivity index (χ4n) is 5.20.